The Morgan fingerprint density at radius 2 is 2.07 bits per heavy atom. The molecule has 0 aliphatic rings. The number of aromatic nitrogens is 3. The zero-order valence-electron chi connectivity index (χ0n) is 8.59. The molecule has 15 heavy (non-hydrogen) atoms. The number of hydrogen-bond donors (Lipinski definition) is 1. The lowest BCUT2D eigenvalue weighted by Gasteiger charge is -2.06. The molecule has 0 spiro atoms. The lowest BCUT2D eigenvalue weighted by molar-refractivity contribution is 0.280. The number of aliphatic hydroxyl groups excluding tert-OH is 1. The first-order valence-electron chi connectivity index (χ1n) is 4.93. The van der Waals surface area contributed by atoms with Crippen molar-refractivity contribution in [3.8, 4) is 5.69 Å². The molecule has 0 amide bonds. The maximum Gasteiger partial charge on any atom is 0.0715 e. The molecule has 2 aromatic rings. The van der Waals surface area contributed by atoms with Crippen LogP contribution >= 0.6 is 0 Å². The van der Waals surface area contributed by atoms with Crippen LogP contribution in [0.3, 0.4) is 0 Å². The molecular weight excluding hydrogens is 190 g/mol. The lowest BCUT2D eigenvalue weighted by Crippen LogP contribution is -2.02. The van der Waals surface area contributed by atoms with Crippen molar-refractivity contribution in [2.45, 2.75) is 20.0 Å². The molecule has 0 fully saturated rings. The van der Waals surface area contributed by atoms with Crippen molar-refractivity contribution in [1.82, 2.24) is 14.8 Å². The van der Waals surface area contributed by atoms with Crippen LogP contribution in [0.1, 0.15) is 18.2 Å². The van der Waals surface area contributed by atoms with Gasteiger partial charge in [0.25, 0.3) is 0 Å². The van der Waals surface area contributed by atoms with Gasteiger partial charge in [-0.1, -0.05) is 6.92 Å². The summed E-state index contributed by atoms with van der Waals surface area (Å²) in [6.07, 6.45) is 6.02. The van der Waals surface area contributed by atoms with Gasteiger partial charge < -0.3 is 5.11 Å². The molecule has 0 atom stereocenters. The maximum absolute atomic E-state index is 9.14. The Morgan fingerprint density at radius 1 is 1.33 bits per heavy atom. The van der Waals surface area contributed by atoms with Gasteiger partial charge in [-0.05, 0) is 18.6 Å². The molecule has 0 bridgehead atoms. The molecule has 0 aromatic carbocycles. The minimum Gasteiger partial charge on any atom is -0.392 e. The van der Waals surface area contributed by atoms with E-state index in [9.17, 15) is 0 Å². The van der Waals surface area contributed by atoms with Crippen LogP contribution in [0.4, 0.5) is 0 Å². The smallest absolute Gasteiger partial charge is 0.0715 e. The zero-order chi connectivity index (χ0) is 10.7. The van der Waals surface area contributed by atoms with Crippen LogP contribution in [0.5, 0.6) is 0 Å². The molecule has 2 heterocycles. The van der Waals surface area contributed by atoms with E-state index in [0.717, 1.165) is 23.4 Å². The van der Waals surface area contributed by atoms with E-state index < -0.39 is 0 Å². The van der Waals surface area contributed by atoms with Crippen LogP contribution < -0.4 is 0 Å². The Bertz CT molecular complexity index is 436. The SMILES string of the molecule is CCc1c(CO)cnn1-c1ccncc1. The summed E-state index contributed by atoms with van der Waals surface area (Å²) in [5.74, 6) is 0. The Labute approximate surface area is 88.2 Å². The van der Waals surface area contributed by atoms with Gasteiger partial charge in [0.15, 0.2) is 0 Å². The highest BCUT2D eigenvalue weighted by Crippen LogP contribution is 2.14. The Kier molecular flexibility index (Phi) is 2.78. The molecule has 0 aliphatic heterocycles. The van der Waals surface area contributed by atoms with Crippen molar-refractivity contribution in [2.75, 3.05) is 0 Å². The summed E-state index contributed by atoms with van der Waals surface area (Å²) in [5, 5.41) is 13.4. The molecule has 4 heteroatoms. The average Bonchev–Trinajstić information content (AvgIpc) is 2.72. The second kappa shape index (κ2) is 4.23. The largest absolute Gasteiger partial charge is 0.392 e. The fourth-order valence-electron chi connectivity index (χ4n) is 1.62. The first-order chi connectivity index (χ1) is 7.36. The topological polar surface area (TPSA) is 50.9 Å². The van der Waals surface area contributed by atoms with E-state index in [0.29, 0.717) is 0 Å². The molecule has 0 aliphatic carbocycles. The van der Waals surface area contributed by atoms with E-state index in [2.05, 4.69) is 10.1 Å². The maximum atomic E-state index is 9.14. The van der Waals surface area contributed by atoms with Crippen molar-refractivity contribution in [3.63, 3.8) is 0 Å². The molecule has 1 N–H and O–H groups in total. The van der Waals surface area contributed by atoms with Gasteiger partial charge in [0.05, 0.1) is 18.5 Å². The summed E-state index contributed by atoms with van der Waals surface area (Å²) in [6, 6.07) is 3.79. The van der Waals surface area contributed by atoms with E-state index in [4.69, 9.17) is 5.11 Å². The van der Waals surface area contributed by atoms with E-state index in [1.54, 1.807) is 18.6 Å². The highest BCUT2D eigenvalue weighted by atomic mass is 16.3. The van der Waals surface area contributed by atoms with Crippen LogP contribution in [-0.4, -0.2) is 19.9 Å². The standard InChI is InChI=1S/C11H13N3O/c1-2-11-9(8-15)7-13-14(11)10-3-5-12-6-4-10/h3-7,15H,2,8H2,1H3. The monoisotopic (exact) mass is 203 g/mol. The quantitative estimate of drug-likeness (QED) is 0.818. The molecule has 2 aromatic heterocycles. The second-order valence-corrected chi connectivity index (χ2v) is 3.25. The van der Waals surface area contributed by atoms with Gasteiger partial charge in [-0.2, -0.15) is 5.10 Å². The molecule has 4 nitrogen and oxygen atoms in total. The summed E-state index contributed by atoms with van der Waals surface area (Å²) in [7, 11) is 0. The Balaban J connectivity index is 2.49. The van der Waals surface area contributed by atoms with Crippen molar-refractivity contribution in [2.24, 2.45) is 0 Å². The zero-order valence-corrected chi connectivity index (χ0v) is 8.59. The van der Waals surface area contributed by atoms with E-state index in [-0.39, 0.29) is 6.61 Å². The molecule has 0 unspecified atom stereocenters. The van der Waals surface area contributed by atoms with E-state index in [1.165, 1.54) is 0 Å². The van der Waals surface area contributed by atoms with Crippen LogP contribution in [0, 0.1) is 0 Å². The van der Waals surface area contributed by atoms with Gasteiger partial charge in [0.2, 0.25) is 0 Å². The normalized spacial score (nSPS) is 10.5. The summed E-state index contributed by atoms with van der Waals surface area (Å²) >= 11 is 0. The second-order valence-electron chi connectivity index (χ2n) is 3.25. The highest BCUT2D eigenvalue weighted by Gasteiger charge is 2.08. The first-order valence-corrected chi connectivity index (χ1v) is 4.93. The minimum atomic E-state index is 0.0360. The van der Waals surface area contributed by atoms with Crippen LogP contribution in [-0.2, 0) is 13.0 Å². The third kappa shape index (κ3) is 1.76. The van der Waals surface area contributed by atoms with Crippen LogP contribution in [0.25, 0.3) is 5.69 Å². The number of nitrogens with zero attached hydrogens (tertiary/aromatic N) is 3. The fourth-order valence-corrected chi connectivity index (χ4v) is 1.62. The third-order valence-electron chi connectivity index (χ3n) is 2.37. The minimum absolute atomic E-state index is 0.0360. The van der Waals surface area contributed by atoms with E-state index in [1.807, 2.05) is 23.7 Å². The molecule has 0 saturated carbocycles. The summed E-state index contributed by atoms with van der Waals surface area (Å²) in [4.78, 5) is 3.96. The third-order valence-corrected chi connectivity index (χ3v) is 2.37. The molecule has 0 radical (unpaired) electrons. The van der Waals surface area contributed by atoms with Gasteiger partial charge in [0, 0.05) is 23.7 Å². The predicted molar refractivity (Wildman–Crippen MR) is 56.7 cm³/mol. The summed E-state index contributed by atoms with van der Waals surface area (Å²) < 4.78 is 1.84. The predicted octanol–water partition coefficient (Wildman–Crippen LogP) is 1.32. The highest BCUT2D eigenvalue weighted by molar-refractivity contribution is 5.33. The molecular formula is C11H13N3O. The van der Waals surface area contributed by atoms with E-state index >= 15 is 0 Å². The fraction of sp³-hybridized carbons (Fsp3) is 0.273. The Morgan fingerprint density at radius 3 is 2.67 bits per heavy atom. The van der Waals surface area contributed by atoms with Crippen LogP contribution in [0.2, 0.25) is 0 Å². The number of hydrogen-bond acceptors (Lipinski definition) is 3. The van der Waals surface area contributed by atoms with Crippen LogP contribution in [0.15, 0.2) is 30.7 Å². The van der Waals surface area contributed by atoms with Crippen molar-refractivity contribution >= 4 is 0 Å². The average molecular weight is 203 g/mol. The summed E-state index contributed by atoms with van der Waals surface area (Å²) in [6.45, 7) is 2.09. The van der Waals surface area contributed by atoms with Gasteiger partial charge in [0.1, 0.15) is 0 Å². The molecule has 2 rings (SSSR count). The van der Waals surface area contributed by atoms with Gasteiger partial charge >= 0.3 is 0 Å². The van der Waals surface area contributed by atoms with Crippen molar-refractivity contribution in [1.29, 1.82) is 0 Å². The summed E-state index contributed by atoms with van der Waals surface area (Å²) in [5.41, 5.74) is 2.90. The molecule has 78 valence electrons. The van der Waals surface area contributed by atoms with Gasteiger partial charge in [-0.25, -0.2) is 4.68 Å². The number of rotatable bonds is 3. The Hall–Kier alpha value is -1.68. The lowest BCUT2D eigenvalue weighted by atomic mass is 10.2. The van der Waals surface area contributed by atoms with Crippen molar-refractivity contribution in [3.05, 3.63) is 42.0 Å². The number of aliphatic hydroxyl groups is 1. The first kappa shape index (κ1) is 9.86. The van der Waals surface area contributed by atoms with Gasteiger partial charge in [-0.3, -0.25) is 4.98 Å². The number of pyridine rings is 1. The molecule has 0 saturated heterocycles. The van der Waals surface area contributed by atoms with Gasteiger partial charge in [-0.15, -0.1) is 0 Å². The van der Waals surface area contributed by atoms with Crippen molar-refractivity contribution < 1.29 is 5.11 Å².